The van der Waals surface area contributed by atoms with Crippen molar-refractivity contribution in [3.05, 3.63) is 95.4 Å². The summed E-state index contributed by atoms with van der Waals surface area (Å²) in [6, 6.07) is 22.0. The number of aromatic nitrogens is 2. The molecule has 0 aliphatic carbocycles. The van der Waals surface area contributed by atoms with Crippen LogP contribution < -0.4 is 9.80 Å². The molecule has 7 heteroatoms. The van der Waals surface area contributed by atoms with Crippen molar-refractivity contribution < 1.29 is 9.90 Å². The smallest absolute Gasteiger partial charge is 0.283 e. The normalized spacial score (nSPS) is 13.0. The lowest BCUT2D eigenvalue weighted by Crippen LogP contribution is -2.27. The van der Waals surface area contributed by atoms with Crippen LogP contribution in [0.15, 0.2) is 79.1 Å². The van der Waals surface area contributed by atoms with Gasteiger partial charge in [-0.15, -0.1) is 0 Å². The molecule has 5 rings (SSSR count). The molecule has 0 unspecified atom stereocenters. The summed E-state index contributed by atoms with van der Waals surface area (Å²) in [5.41, 5.74) is 3.36. The molecule has 0 bridgehead atoms. The fourth-order valence-corrected chi connectivity index (χ4v) is 4.07. The van der Waals surface area contributed by atoms with E-state index in [0.717, 1.165) is 11.4 Å². The zero-order chi connectivity index (χ0) is 21.5. The van der Waals surface area contributed by atoms with Crippen LogP contribution in [0.2, 0.25) is 5.02 Å². The van der Waals surface area contributed by atoms with Crippen LogP contribution in [0.25, 0.3) is 0 Å². The van der Waals surface area contributed by atoms with Crippen molar-refractivity contribution in [3.63, 3.8) is 0 Å². The van der Waals surface area contributed by atoms with Gasteiger partial charge >= 0.3 is 0 Å². The molecule has 6 nitrogen and oxygen atoms in total. The summed E-state index contributed by atoms with van der Waals surface area (Å²) in [6.45, 7) is 0.314. The van der Waals surface area contributed by atoms with E-state index in [1.54, 1.807) is 40.1 Å². The van der Waals surface area contributed by atoms with E-state index < -0.39 is 0 Å². The first kappa shape index (κ1) is 19.2. The van der Waals surface area contributed by atoms with Crippen LogP contribution in [0.5, 0.6) is 5.75 Å². The number of phenols is 1. The number of nitrogens with zero attached hydrogens (tertiary/aromatic N) is 4. The lowest BCUT2D eigenvalue weighted by atomic mass is 10.2. The number of anilines is 4. The van der Waals surface area contributed by atoms with Gasteiger partial charge in [0.2, 0.25) is 0 Å². The number of imidazole rings is 1. The summed E-state index contributed by atoms with van der Waals surface area (Å²) in [5.74, 6) is 0.499. The van der Waals surface area contributed by atoms with Gasteiger partial charge in [-0.2, -0.15) is 0 Å². The first-order chi connectivity index (χ1) is 15.0. The van der Waals surface area contributed by atoms with Crippen molar-refractivity contribution in [1.29, 1.82) is 0 Å². The molecule has 31 heavy (non-hydrogen) atoms. The Hall–Kier alpha value is -3.77. The molecule has 0 radical (unpaired) electrons. The van der Waals surface area contributed by atoms with E-state index in [-0.39, 0.29) is 11.7 Å². The third kappa shape index (κ3) is 3.21. The molecule has 0 fully saturated rings. The van der Waals surface area contributed by atoms with Gasteiger partial charge in [-0.25, -0.2) is 4.98 Å². The molecule has 0 saturated carbocycles. The fourth-order valence-electron chi connectivity index (χ4n) is 3.91. The molecule has 1 aliphatic rings. The van der Waals surface area contributed by atoms with Crippen molar-refractivity contribution in [2.45, 2.75) is 6.54 Å². The minimum Gasteiger partial charge on any atom is -0.508 e. The van der Waals surface area contributed by atoms with Crippen molar-refractivity contribution >= 4 is 40.4 Å². The van der Waals surface area contributed by atoms with Gasteiger partial charge in [-0.3, -0.25) is 9.69 Å². The Morgan fingerprint density at radius 2 is 1.71 bits per heavy atom. The molecule has 1 aliphatic heterocycles. The quantitative estimate of drug-likeness (QED) is 0.476. The minimum absolute atomic E-state index is 0.175. The topological polar surface area (TPSA) is 61.6 Å². The van der Waals surface area contributed by atoms with E-state index in [1.807, 2.05) is 60.5 Å². The summed E-state index contributed by atoms with van der Waals surface area (Å²) >= 11 is 6.31. The van der Waals surface area contributed by atoms with Crippen LogP contribution in [-0.2, 0) is 6.54 Å². The predicted octanol–water partition coefficient (Wildman–Crippen LogP) is 5.35. The van der Waals surface area contributed by atoms with E-state index in [2.05, 4.69) is 4.98 Å². The molecule has 2 heterocycles. The Morgan fingerprint density at radius 3 is 2.48 bits per heavy atom. The lowest BCUT2D eigenvalue weighted by molar-refractivity contribution is 0.0992. The van der Waals surface area contributed by atoms with Crippen LogP contribution in [-0.4, -0.2) is 27.6 Å². The van der Waals surface area contributed by atoms with E-state index in [9.17, 15) is 9.90 Å². The molecule has 3 aromatic carbocycles. The maximum Gasteiger partial charge on any atom is 0.283 e. The summed E-state index contributed by atoms with van der Waals surface area (Å²) < 4.78 is 1.77. The number of carbonyl (C=O) groups excluding carboxylic acids is 1. The second-order valence-electron chi connectivity index (χ2n) is 7.34. The monoisotopic (exact) mass is 430 g/mol. The Kier molecular flexibility index (Phi) is 4.64. The molecule has 0 saturated heterocycles. The molecule has 0 atom stereocenters. The number of hydrogen-bond donors (Lipinski definition) is 1. The van der Waals surface area contributed by atoms with E-state index >= 15 is 0 Å². The highest BCUT2D eigenvalue weighted by atomic mass is 35.5. The maximum atomic E-state index is 13.9. The number of aromatic hydroxyl groups is 1. The molecule has 154 valence electrons. The minimum atomic E-state index is -0.220. The first-order valence-corrected chi connectivity index (χ1v) is 10.2. The standard InChI is InChI=1S/C24H19ClN4O2/c1-27-19-12-11-17(25)13-20(19)29(18-8-3-2-4-9-18)24(31)22-23(27)26-15-28(22)14-16-7-5-6-10-21(16)30/h2-13,15,30H,14H2,1H3. The summed E-state index contributed by atoms with van der Waals surface area (Å²) in [4.78, 5) is 22.0. The fraction of sp³-hybridized carbons (Fsp3) is 0.0833. The second-order valence-corrected chi connectivity index (χ2v) is 7.78. The number of para-hydroxylation sites is 2. The van der Waals surface area contributed by atoms with Crippen molar-refractivity contribution in [3.8, 4) is 5.75 Å². The number of carbonyl (C=O) groups is 1. The number of halogens is 1. The van der Waals surface area contributed by atoms with Gasteiger partial charge in [0.05, 0.1) is 24.2 Å². The number of fused-ring (bicyclic) bond motifs is 2. The largest absolute Gasteiger partial charge is 0.508 e. The Bertz CT molecular complexity index is 1290. The molecule has 1 aromatic heterocycles. The number of hydrogen-bond acceptors (Lipinski definition) is 4. The average Bonchev–Trinajstić information content (AvgIpc) is 3.16. The summed E-state index contributed by atoms with van der Waals surface area (Å²) in [6.07, 6.45) is 1.63. The van der Waals surface area contributed by atoms with Crippen molar-refractivity contribution in [2.24, 2.45) is 0 Å². The van der Waals surface area contributed by atoms with Crippen LogP contribution in [0.1, 0.15) is 16.1 Å². The Morgan fingerprint density at radius 1 is 0.968 bits per heavy atom. The molecule has 1 amide bonds. The van der Waals surface area contributed by atoms with Gasteiger partial charge in [0, 0.05) is 23.3 Å². The Labute approximate surface area is 184 Å². The van der Waals surface area contributed by atoms with Crippen LogP contribution in [0.3, 0.4) is 0 Å². The van der Waals surface area contributed by atoms with Crippen molar-refractivity contribution in [2.75, 3.05) is 16.8 Å². The van der Waals surface area contributed by atoms with Gasteiger partial charge in [0.15, 0.2) is 11.5 Å². The molecule has 1 N–H and O–H groups in total. The highest BCUT2D eigenvalue weighted by Gasteiger charge is 2.34. The number of phenolic OH excluding ortho intramolecular Hbond substituents is 1. The van der Waals surface area contributed by atoms with Gasteiger partial charge < -0.3 is 14.6 Å². The Balaban J connectivity index is 1.71. The predicted molar refractivity (Wildman–Crippen MR) is 122 cm³/mol. The zero-order valence-corrected chi connectivity index (χ0v) is 17.5. The van der Waals surface area contributed by atoms with Crippen LogP contribution in [0, 0.1) is 0 Å². The van der Waals surface area contributed by atoms with Crippen LogP contribution in [0.4, 0.5) is 22.9 Å². The average molecular weight is 431 g/mol. The highest BCUT2D eigenvalue weighted by Crippen LogP contribution is 2.43. The zero-order valence-electron chi connectivity index (χ0n) is 16.7. The van der Waals surface area contributed by atoms with E-state index in [1.165, 1.54) is 0 Å². The van der Waals surface area contributed by atoms with Gasteiger partial charge in [-0.05, 0) is 36.4 Å². The van der Waals surface area contributed by atoms with Gasteiger partial charge in [-0.1, -0.05) is 48.0 Å². The SMILES string of the molecule is CN1c2ccc(Cl)cc2N(c2ccccc2)C(=O)c2c1ncn2Cc1ccccc1O. The molecule has 0 spiro atoms. The third-order valence-corrected chi connectivity index (χ3v) is 5.66. The molecular weight excluding hydrogens is 412 g/mol. The number of rotatable bonds is 3. The lowest BCUT2D eigenvalue weighted by Gasteiger charge is -2.25. The highest BCUT2D eigenvalue weighted by molar-refractivity contribution is 6.31. The first-order valence-electron chi connectivity index (χ1n) is 9.79. The van der Waals surface area contributed by atoms with E-state index in [0.29, 0.717) is 34.3 Å². The summed E-state index contributed by atoms with van der Waals surface area (Å²) in [5, 5.41) is 10.8. The van der Waals surface area contributed by atoms with Crippen LogP contribution >= 0.6 is 11.6 Å². The van der Waals surface area contributed by atoms with Gasteiger partial charge in [0.1, 0.15) is 5.75 Å². The second kappa shape index (κ2) is 7.49. The maximum absolute atomic E-state index is 13.9. The third-order valence-electron chi connectivity index (χ3n) is 5.43. The molecular formula is C24H19ClN4O2. The number of amides is 1. The number of benzene rings is 3. The summed E-state index contributed by atoms with van der Waals surface area (Å²) in [7, 11) is 1.88. The van der Waals surface area contributed by atoms with Crippen molar-refractivity contribution in [1.82, 2.24) is 9.55 Å². The molecule has 4 aromatic rings. The van der Waals surface area contributed by atoms with Gasteiger partial charge in [0.25, 0.3) is 5.91 Å². The van der Waals surface area contributed by atoms with E-state index in [4.69, 9.17) is 11.6 Å².